The molecule has 0 aliphatic carbocycles. The van der Waals surface area contributed by atoms with E-state index in [-0.39, 0.29) is 276 Å². The molecule has 0 heterocycles. The summed E-state index contributed by atoms with van der Waals surface area (Å²) in [5.74, 6) is -4.60. The van der Waals surface area contributed by atoms with Gasteiger partial charge in [0.2, 0.25) is 88.6 Å². The fraction of sp³-hybridized carbons (Fsp3) is 0.848. The average molecular weight is 2080 g/mol. The molecule has 0 saturated carbocycles. The maximum Gasteiger partial charge on any atom is 0.245 e. The minimum atomic E-state index is -0.853. The quantitative estimate of drug-likeness (QED) is 0.0385. The third-order valence-electron chi connectivity index (χ3n) is 21.8. The summed E-state index contributed by atoms with van der Waals surface area (Å²) in [5.41, 5.74) is 0. The molecule has 15 N–H and O–H groups in total. The van der Waals surface area contributed by atoms with Crippen LogP contribution in [0.25, 0.3) is 0 Å². The van der Waals surface area contributed by atoms with Gasteiger partial charge in [0.15, 0.2) is 0 Å². The van der Waals surface area contributed by atoms with Crippen LogP contribution in [0.2, 0.25) is 0 Å². The SMILES string of the molecule is COCCCCCCNC(=O)CC(CCCCNC(=O)COCCOCCNC(=O)CCCCOC)NC(=O)CC(CCCCNC(=O)COCCOCCNC(=O)CCCCOC)NC(=O)CC(CCCCNC(=O)COCCOCCNC(=O)CCCCOC)NC(=O)CC(CCCCNC(=O)COCCOCCNC(=O)CCCCOC)NC(=O)CCCNC(=O)COCCOCCNC(=O)CCCCOC. The Morgan fingerprint density at radius 3 is 0.572 bits per heavy atom. The molecule has 0 saturated heterocycles. The number of hydrogen-bond donors (Lipinski definition) is 15. The number of methoxy groups -OCH3 is 6. The highest BCUT2D eigenvalue weighted by atomic mass is 16.6. The summed E-state index contributed by atoms with van der Waals surface area (Å²) in [6.45, 7) is 8.19. The van der Waals surface area contributed by atoms with E-state index in [9.17, 15) is 71.9 Å². The normalized spacial score (nSPS) is 12.0. The van der Waals surface area contributed by atoms with Gasteiger partial charge in [-0.05, 0) is 161 Å². The molecule has 4 atom stereocenters. The molecule has 0 aromatic carbocycles. The number of carbonyl (C=O) groups excluding carboxylic acids is 15. The molecule has 0 aromatic heterocycles. The fourth-order valence-electron chi connectivity index (χ4n) is 14.0. The van der Waals surface area contributed by atoms with Crippen molar-refractivity contribution in [3.63, 3.8) is 0 Å². The zero-order valence-electron chi connectivity index (χ0n) is 88.3. The van der Waals surface area contributed by atoms with Crippen LogP contribution in [-0.4, -0.2) is 399 Å². The van der Waals surface area contributed by atoms with E-state index < -0.39 is 59.6 Å². The first-order valence-corrected chi connectivity index (χ1v) is 52.4. The minimum absolute atomic E-state index is 0.0448. The van der Waals surface area contributed by atoms with E-state index in [1.165, 1.54) is 0 Å². The van der Waals surface area contributed by atoms with E-state index in [1.54, 1.807) is 42.7 Å². The van der Waals surface area contributed by atoms with Gasteiger partial charge >= 0.3 is 0 Å². The molecular formula is C99H185N15O31. The van der Waals surface area contributed by atoms with Crippen molar-refractivity contribution in [3.05, 3.63) is 0 Å². The first-order valence-electron chi connectivity index (χ1n) is 52.4. The molecule has 0 radical (unpaired) electrons. The Labute approximate surface area is 860 Å². The van der Waals surface area contributed by atoms with Crippen LogP contribution in [0.15, 0.2) is 0 Å². The molecule has 15 amide bonds. The third-order valence-corrected chi connectivity index (χ3v) is 21.8. The third kappa shape index (κ3) is 98.5. The summed E-state index contributed by atoms with van der Waals surface area (Å²) in [6.07, 6.45) is 16.5. The maximum atomic E-state index is 14.8. The Morgan fingerprint density at radius 1 is 0.152 bits per heavy atom. The number of nitrogens with one attached hydrogen (secondary N) is 15. The molecule has 145 heavy (non-hydrogen) atoms. The van der Waals surface area contributed by atoms with E-state index in [4.69, 9.17) is 75.8 Å². The summed E-state index contributed by atoms with van der Waals surface area (Å²) in [6, 6.07) is -3.13. The van der Waals surface area contributed by atoms with Crippen molar-refractivity contribution < 1.29 is 148 Å². The van der Waals surface area contributed by atoms with Gasteiger partial charge in [-0.25, -0.2) is 0 Å². The van der Waals surface area contributed by atoms with Gasteiger partial charge in [0.1, 0.15) is 33.0 Å². The number of hydrogen-bond acceptors (Lipinski definition) is 31. The van der Waals surface area contributed by atoms with Crippen molar-refractivity contribution in [2.45, 2.75) is 262 Å². The van der Waals surface area contributed by atoms with E-state index in [0.717, 1.165) is 57.8 Å². The van der Waals surface area contributed by atoms with Crippen molar-refractivity contribution in [2.24, 2.45) is 0 Å². The molecule has 0 fully saturated rings. The second-order valence-electron chi connectivity index (χ2n) is 34.8. The fourth-order valence-corrected chi connectivity index (χ4v) is 14.0. The Kier molecular flexibility index (Phi) is 97.8. The number of rotatable bonds is 108. The van der Waals surface area contributed by atoms with Crippen LogP contribution < -0.4 is 79.8 Å². The Bertz CT molecular complexity index is 3300. The Balaban J connectivity index is 6.98. The predicted molar refractivity (Wildman–Crippen MR) is 541 cm³/mol. The van der Waals surface area contributed by atoms with Crippen molar-refractivity contribution >= 4 is 88.6 Å². The summed E-state index contributed by atoms with van der Waals surface area (Å²) in [5, 5.41) is 43.2. The van der Waals surface area contributed by atoms with Crippen LogP contribution in [0.3, 0.4) is 0 Å². The molecule has 0 spiro atoms. The molecule has 842 valence electrons. The monoisotopic (exact) mass is 2080 g/mol. The molecule has 0 aliphatic rings. The van der Waals surface area contributed by atoms with E-state index in [2.05, 4.69) is 79.8 Å². The first-order chi connectivity index (χ1) is 70.5. The second kappa shape index (κ2) is 104. The molecule has 0 aromatic rings. The standard InChI is InChI=1S/C99H185N15O31/c1-130-51-23-8-7-18-40-100-91(121)72-81(30-9-19-41-101-95(125)76-141-67-62-136-57-46-106-85(115)34-13-24-52-131-2)112-93(123)74-83(32-11-21-43-103-97(127)78-143-69-64-138-59-48-108-87(117)36-15-26-54-133-4)114-94(124)75-84(33-12-22-44-104-98(128)79-144-70-65-139-60-49-109-88(118)37-16-27-55-134-5)113-92(122)73-82(31-10-20-42-102-96(126)77-142-68-63-137-58-47-107-86(116)35-14-25-53-132-3)111-90(120)39-29-45-105-99(129)80-145-71-66-140-61-50-110-89(119)38-17-28-56-135-6/h81-84H,7-80H2,1-6H3,(H,100,121)(H,101,125)(H,102,126)(H,103,127)(H,104,128)(H,105,129)(H,106,115)(H,107,116)(H,108,117)(H,109,118)(H,110,119)(H,111,120)(H,112,123)(H,113,122)(H,114,124). The smallest absolute Gasteiger partial charge is 0.245 e. The van der Waals surface area contributed by atoms with Crippen molar-refractivity contribution in [2.75, 3.05) is 286 Å². The van der Waals surface area contributed by atoms with Crippen LogP contribution >= 0.6 is 0 Å². The van der Waals surface area contributed by atoms with Gasteiger partial charge < -0.3 is 156 Å². The Hall–Kier alpha value is -8.59. The van der Waals surface area contributed by atoms with Crippen LogP contribution in [-0.2, 0) is 148 Å². The van der Waals surface area contributed by atoms with E-state index in [0.29, 0.717) is 201 Å². The molecular weight excluding hydrogens is 1900 g/mol. The molecule has 46 nitrogen and oxygen atoms in total. The lowest BCUT2D eigenvalue weighted by Gasteiger charge is -2.25. The minimum Gasteiger partial charge on any atom is -0.385 e. The predicted octanol–water partition coefficient (Wildman–Crippen LogP) is 1.68. The number of ether oxygens (including phenoxy) is 16. The zero-order valence-corrected chi connectivity index (χ0v) is 88.3. The highest BCUT2D eigenvalue weighted by Crippen LogP contribution is 2.15. The number of amides is 15. The van der Waals surface area contributed by atoms with Gasteiger partial charge in [-0.2, -0.15) is 0 Å². The van der Waals surface area contributed by atoms with Crippen LogP contribution in [0.4, 0.5) is 0 Å². The molecule has 0 rings (SSSR count). The summed E-state index contributed by atoms with van der Waals surface area (Å²) in [4.78, 5) is 196. The van der Waals surface area contributed by atoms with Crippen LogP contribution in [0.5, 0.6) is 0 Å². The number of unbranched alkanes of at least 4 members (excludes halogenated alkanes) is 12. The average Bonchev–Trinajstić information content (AvgIpc) is 0.896. The van der Waals surface area contributed by atoms with Gasteiger partial charge in [0.05, 0.1) is 99.1 Å². The lowest BCUT2D eigenvalue weighted by Crippen LogP contribution is -2.46. The lowest BCUT2D eigenvalue weighted by atomic mass is 10.0. The second-order valence-corrected chi connectivity index (χ2v) is 34.8. The van der Waals surface area contributed by atoms with Gasteiger partial charge in [-0.3, -0.25) is 71.9 Å². The summed E-state index contributed by atoms with van der Waals surface area (Å²) in [7, 11) is 9.69. The first kappa shape index (κ1) is 136. The maximum absolute atomic E-state index is 14.8. The van der Waals surface area contributed by atoms with Crippen molar-refractivity contribution in [1.82, 2.24) is 79.8 Å². The van der Waals surface area contributed by atoms with Crippen molar-refractivity contribution in [3.8, 4) is 0 Å². The van der Waals surface area contributed by atoms with E-state index in [1.807, 2.05) is 0 Å². The zero-order chi connectivity index (χ0) is 106. The topological polar surface area (TPSA) is 584 Å². The van der Waals surface area contributed by atoms with Gasteiger partial charge in [-0.1, -0.05) is 12.8 Å². The molecule has 46 heteroatoms. The van der Waals surface area contributed by atoms with Gasteiger partial charge in [0.25, 0.3) is 0 Å². The van der Waals surface area contributed by atoms with Crippen molar-refractivity contribution in [1.29, 1.82) is 0 Å². The lowest BCUT2D eigenvalue weighted by molar-refractivity contribution is -0.127. The highest BCUT2D eigenvalue weighted by molar-refractivity contribution is 5.84. The van der Waals surface area contributed by atoms with Gasteiger partial charge in [0, 0.05) is 243 Å². The van der Waals surface area contributed by atoms with Crippen LogP contribution in [0.1, 0.15) is 238 Å². The van der Waals surface area contributed by atoms with Crippen LogP contribution in [0, 0.1) is 0 Å². The largest absolute Gasteiger partial charge is 0.385 e. The van der Waals surface area contributed by atoms with Gasteiger partial charge in [-0.15, -0.1) is 0 Å². The Morgan fingerprint density at radius 2 is 0.331 bits per heavy atom. The number of carbonyl (C=O) groups is 15. The molecule has 0 bridgehead atoms. The highest BCUT2D eigenvalue weighted by Gasteiger charge is 2.26. The molecule has 4 unspecified atom stereocenters. The summed E-state index contributed by atoms with van der Waals surface area (Å²) >= 11 is 0. The summed E-state index contributed by atoms with van der Waals surface area (Å²) < 4.78 is 85.7. The van der Waals surface area contributed by atoms with E-state index >= 15 is 0 Å². The molecule has 0 aliphatic heterocycles.